The average Bonchev–Trinajstić information content (AvgIpc) is 2.41. The van der Waals surface area contributed by atoms with Crippen LogP contribution in [0, 0.1) is 0 Å². The molecule has 1 aromatic carbocycles. The number of carbonyl (C=O) groups is 1. The maximum Gasteiger partial charge on any atom is 0.335 e. The van der Waals surface area contributed by atoms with Crippen molar-refractivity contribution in [2.75, 3.05) is 11.1 Å². The second-order valence-electron chi connectivity index (χ2n) is 3.92. The van der Waals surface area contributed by atoms with Gasteiger partial charge in [0, 0.05) is 12.7 Å². The zero-order valence-electron chi connectivity index (χ0n) is 9.93. The first-order chi connectivity index (χ1) is 9.08. The lowest BCUT2D eigenvalue weighted by atomic mass is 10.1. The first-order valence-corrected chi connectivity index (χ1v) is 5.92. The second-order valence-corrected chi connectivity index (χ2v) is 4.28. The molecule has 2 rings (SSSR count). The van der Waals surface area contributed by atoms with Gasteiger partial charge in [0.15, 0.2) is 5.15 Å². The van der Waals surface area contributed by atoms with Crippen LogP contribution in [0.4, 0.5) is 11.4 Å². The number of pyridine rings is 1. The summed E-state index contributed by atoms with van der Waals surface area (Å²) < 4.78 is 0. The van der Waals surface area contributed by atoms with Crippen molar-refractivity contribution in [1.29, 1.82) is 0 Å². The topological polar surface area (TPSA) is 88.2 Å². The molecule has 6 heteroatoms. The molecule has 0 saturated heterocycles. The Balaban J connectivity index is 2.06. The SMILES string of the molecule is Nc1c(NCc2ccc(C(=O)O)cc2)ccnc1Cl. The van der Waals surface area contributed by atoms with Crippen molar-refractivity contribution in [1.82, 2.24) is 4.98 Å². The predicted octanol–water partition coefficient (Wildman–Crippen LogP) is 2.63. The third-order valence-corrected chi connectivity index (χ3v) is 2.93. The van der Waals surface area contributed by atoms with Gasteiger partial charge in [-0.3, -0.25) is 0 Å². The van der Waals surface area contributed by atoms with Crippen molar-refractivity contribution >= 4 is 28.9 Å². The number of benzene rings is 1. The fraction of sp³-hybridized carbons (Fsp3) is 0.0769. The van der Waals surface area contributed by atoms with E-state index in [1.807, 2.05) is 0 Å². The number of rotatable bonds is 4. The summed E-state index contributed by atoms with van der Waals surface area (Å²) in [6.07, 6.45) is 1.56. The molecule has 2 aromatic rings. The van der Waals surface area contributed by atoms with E-state index in [2.05, 4.69) is 10.3 Å². The summed E-state index contributed by atoms with van der Waals surface area (Å²) in [5.74, 6) is -0.940. The monoisotopic (exact) mass is 277 g/mol. The molecule has 1 aromatic heterocycles. The molecule has 98 valence electrons. The Morgan fingerprint density at radius 1 is 1.32 bits per heavy atom. The van der Waals surface area contributed by atoms with Gasteiger partial charge in [0.1, 0.15) is 0 Å². The lowest BCUT2D eigenvalue weighted by molar-refractivity contribution is 0.0697. The second kappa shape index (κ2) is 5.58. The van der Waals surface area contributed by atoms with Gasteiger partial charge >= 0.3 is 5.97 Å². The Bertz CT molecular complexity index is 599. The van der Waals surface area contributed by atoms with Crippen LogP contribution < -0.4 is 11.1 Å². The van der Waals surface area contributed by atoms with Gasteiger partial charge < -0.3 is 16.2 Å². The van der Waals surface area contributed by atoms with Crippen LogP contribution in [-0.4, -0.2) is 16.1 Å². The van der Waals surface area contributed by atoms with Gasteiger partial charge in [0.2, 0.25) is 0 Å². The zero-order valence-corrected chi connectivity index (χ0v) is 10.7. The van der Waals surface area contributed by atoms with Crippen LogP contribution in [0.5, 0.6) is 0 Å². The number of nitrogens with one attached hydrogen (secondary N) is 1. The van der Waals surface area contributed by atoms with Crippen molar-refractivity contribution < 1.29 is 9.90 Å². The Morgan fingerprint density at radius 2 is 2.00 bits per heavy atom. The maximum absolute atomic E-state index is 10.7. The van der Waals surface area contributed by atoms with Crippen molar-refractivity contribution in [3.05, 3.63) is 52.8 Å². The normalized spacial score (nSPS) is 10.2. The number of anilines is 2. The minimum atomic E-state index is -0.940. The van der Waals surface area contributed by atoms with E-state index in [9.17, 15) is 4.79 Å². The number of carboxylic acid groups (broad SMARTS) is 1. The smallest absolute Gasteiger partial charge is 0.335 e. The number of hydrogen-bond acceptors (Lipinski definition) is 4. The van der Waals surface area contributed by atoms with E-state index in [-0.39, 0.29) is 10.7 Å². The highest BCUT2D eigenvalue weighted by Gasteiger charge is 2.05. The number of aromatic carboxylic acids is 1. The molecule has 0 unspecified atom stereocenters. The predicted molar refractivity (Wildman–Crippen MR) is 74.4 cm³/mol. The molecule has 0 fully saturated rings. The van der Waals surface area contributed by atoms with Gasteiger partial charge in [0.05, 0.1) is 16.9 Å². The van der Waals surface area contributed by atoms with E-state index in [0.29, 0.717) is 17.9 Å². The van der Waals surface area contributed by atoms with Crippen LogP contribution in [0.1, 0.15) is 15.9 Å². The summed E-state index contributed by atoms with van der Waals surface area (Å²) >= 11 is 5.81. The number of nitrogens with zero attached hydrogens (tertiary/aromatic N) is 1. The van der Waals surface area contributed by atoms with Gasteiger partial charge in [-0.25, -0.2) is 9.78 Å². The highest BCUT2D eigenvalue weighted by atomic mass is 35.5. The first-order valence-electron chi connectivity index (χ1n) is 5.54. The van der Waals surface area contributed by atoms with E-state index < -0.39 is 5.97 Å². The van der Waals surface area contributed by atoms with Gasteiger partial charge in [0.25, 0.3) is 0 Å². The molecule has 0 radical (unpaired) electrons. The Labute approximate surface area is 115 Å². The molecule has 0 aliphatic carbocycles. The molecule has 0 aliphatic rings. The lowest BCUT2D eigenvalue weighted by Gasteiger charge is -2.09. The fourth-order valence-electron chi connectivity index (χ4n) is 1.56. The molecular formula is C13H12ClN3O2. The largest absolute Gasteiger partial charge is 0.478 e. The highest BCUT2D eigenvalue weighted by Crippen LogP contribution is 2.24. The minimum absolute atomic E-state index is 0.256. The van der Waals surface area contributed by atoms with Crippen molar-refractivity contribution in [2.45, 2.75) is 6.54 Å². The summed E-state index contributed by atoms with van der Waals surface area (Å²) in [7, 11) is 0. The van der Waals surface area contributed by atoms with Gasteiger partial charge in [-0.2, -0.15) is 0 Å². The number of nitrogens with two attached hydrogens (primary N) is 1. The summed E-state index contributed by atoms with van der Waals surface area (Å²) in [6, 6.07) is 8.34. The van der Waals surface area contributed by atoms with Crippen LogP contribution in [0.15, 0.2) is 36.5 Å². The Hall–Kier alpha value is -2.27. The molecule has 0 bridgehead atoms. The molecule has 1 heterocycles. The van der Waals surface area contributed by atoms with Gasteiger partial charge in [-0.1, -0.05) is 23.7 Å². The molecule has 5 nitrogen and oxygen atoms in total. The Kier molecular flexibility index (Phi) is 3.87. The molecule has 0 saturated carbocycles. The van der Waals surface area contributed by atoms with Crippen molar-refractivity contribution in [3.8, 4) is 0 Å². The van der Waals surface area contributed by atoms with Gasteiger partial charge in [-0.05, 0) is 23.8 Å². The average molecular weight is 278 g/mol. The lowest BCUT2D eigenvalue weighted by Crippen LogP contribution is -2.04. The van der Waals surface area contributed by atoms with E-state index in [1.165, 1.54) is 0 Å². The molecule has 4 N–H and O–H groups in total. The number of carboxylic acids is 1. The standard InChI is InChI=1S/C13H12ClN3O2/c14-12-11(15)10(5-6-16-12)17-7-8-1-3-9(4-2-8)13(18)19/h1-6H,7,15H2,(H,16,17)(H,18,19). The fourth-order valence-corrected chi connectivity index (χ4v) is 1.72. The summed E-state index contributed by atoms with van der Waals surface area (Å²) in [6.45, 7) is 0.518. The molecular weight excluding hydrogens is 266 g/mol. The van der Waals surface area contributed by atoms with Crippen LogP contribution >= 0.6 is 11.6 Å². The summed E-state index contributed by atoms with van der Waals surface area (Å²) in [4.78, 5) is 14.6. The van der Waals surface area contributed by atoms with Gasteiger partial charge in [-0.15, -0.1) is 0 Å². The maximum atomic E-state index is 10.7. The zero-order chi connectivity index (χ0) is 13.8. The van der Waals surface area contributed by atoms with Crippen molar-refractivity contribution in [3.63, 3.8) is 0 Å². The first kappa shape index (κ1) is 13.2. The Morgan fingerprint density at radius 3 is 2.63 bits per heavy atom. The molecule has 19 heavy (non-hydrogen) atoms. The third-order valence-electron chi connectivity index (χ3n) is 2.63. The molecule has 0 amide bonds. The van der Waals surface area contributed by atoms with E-state index in [1.54, 1.807) is 36.5 Å². The molecule has 0 atom stereocenters. The number of nitrogen functional groups attached to an aromatic ring is 1. The van der Waals surface area contributed by atoms with E-state index in [4.69, 9.17) is 22.4 Å². The van der Waals surface area contributed by atoms with E-state index in [0.717, 1.165) is 5.56 Å². The van der Waals surface area contributed by atoms with Crippen LogP contribution in [-0.2, 0) is 6.54 Å². The number of hydrogen-bond donors (Lipinski definition) is 3. The molecule has 0 spiro atoms. The van der Waals surface area contributed by atoms with Crippen LogP contribution in [0.3, 0.4) is 0 Å². The van der Waals surface area contributed by atoms with Crippen LogP contribution in [0.2, 0.25) is 5.15 Å². The highest BCUT2D eigenvalue weighted by molar-refractivity contribution is 6.32. The molecule has 0 aliphatic heterocycles. The minimum Gasteiger partial charge on any atom is -0.478 e. The summed E-state index contributed by atoms with van der Waals surface area (Å²) in [5.41, 5.74) is 8.07. The quantitative estimate of drug-likeness (QED) is 0.748. The van der Waals surface area contributed by atoms with Crippen LogP contribution in [0.25, 0.3) is 0 Å². The number of halogens is 1. The van der Waals surface area contributed by atoms with Crippen molar-refractivity contribution in [2.24, 2.45) is 0 Å². The summed E-state index contributed by atoms with van der Waals surface area (Å²) in [5, 5.41) is 12.2. The van der Waals surface area contributed by atoms with E-state index >= 15 is 0 Å². The third kappa shape index (κ3) is 3.14. The number of aromatic nitrogens is 1.